The number of benzene rings is 3. The molecular weight excluding hydrogens is 375 g/mol. The van der Waals surface area contributed by atoms with Crippen LogP contribution in [0.5, 0.6) is 5.75 Å². The van der Waals surface area contributed by atoms with E-state index in [2.05, 4.69) is 41.9 Å². The Kier molecular flexibility index (Phi) is 5.94. The summed E-state index contributed by atoms with van der Waals surface area (Å²) < 4.78 is 20.3. The third-order valence-corrected chi connectivity index (χ3v) is 5.27. The van der Waals surface area contributed by atoms with Crippen molar-refractivity contribution in [2.75, 3.05) is 6.67 Å². The molecule has 30 heavy (non-hydrogen) atoms. The Labute approximate surface area is 177 Å². The predicted molar refractivity (Wildman–Crippen MR) is 120 cm³/mol. The summed E-state index contributed by atoms with van der Waals surface area (Å²) in [6.07, 6.45) is 3.84. The van der Waals surface area contributed by atoms with Crippen LogP contribution in [0.15, 0.2) is 77.9 Å². The Hall–Kier alpha value is -3.40. The summed E-state index contributed by atoms with van der Waals surface area (Å²) in [6.45, 7) is 5.94. The van der Waals surface area contributed by atoms with Crippen molar-refractivity contribution in [1.82, 2.24) is 4.90 Å². The van der Waals surface area contributed by atoms with Gasteiger partial charge in [0, 0.05) is 24.5 Å². The molecule has 0 aromatic heterocycles. The third kappa shape index (κ3) is 4.77. The van der Waals surface area contributed by atoms with E-state index in [1.165, 1.54) is 22.8 Å². The van der Waals surface area contributed by atoms with Crippen LogP contribution in [0, 0.1) is 19.7 Å². The average Bonchev–Trinajstić information content (AvgIpc) is 2.76. The standard InChI is InChI=1S/C26H25FN2O/c1-19-8-9-22(12-20(19)2)15-29-16-24(14-28-18-29)23-10-11-26(25(27)13-23)30-17-21-6-4-3-5-7-21/h3-14,16H,15,17-18H2,1-2H3. The monoisotopic (exact) mass is 400 g/mol. The van der Waals surface area contributed by atoms with Gasteiger partial charge in [-0.15, -0.1) is 0 Å². The number of nitrogens with zero attached hydrogens (tertiary/aromatic N) is 2. The van der Waals surface area contributed by atoms with Gasteiger partial charge in [0.15, 0.2) is 11.6 Å². The first kappa shape index (κ1) is 19.9. The van der Waals surface area contributed by atoms with Crippen LogP contribution in [0.25, 0.3) is 5.57 Å². The fraction of sp³-hybridized carbons (Fsp3) is 0.192. The number of allylic oxidation sites excluding steroid dienone is 1. The minimum atomic E-state index is -0.371. The largest absolute Gasteiger partial charge is 0.486 e. The van der Waals surface area contributed by atoms with Gasteiger partial charge in [-0.25, -0.2) is 4.39 Å². The zero-order valence-electron chi connectivity index (χ0n) is 17.3. The first-order valence-electron chi connectivity index (χ1n) is 10.1. The molecule has 3 aromatic carbocycles. The van der Waals surface area contributed by atoms with Crippen LogP contribution >= 0.6 is 0 Å². The molecule has 0 spiro atoms. The maximum Gasteiger partial charge on any atom is 0.165 e. The Bertz CT molecular complexity index is 1090. The summed E-state index contributed by atoms with van der Waals surface area (Å²) in [5.74, 6) is -0.119. The fourth-order valence-corrected chi connectivity index (χ4v) is 3.43. The van der Waals surface area contributed by atoms with Crippen molar-refractivity contribution in [3.05, 3.63) is 107 Å². The van der Waals surface area contributed by atoms with Gasteiger partial charge in [0.05, 0.1) is 0 Å². The predicted octanol–water partition coefficient (Wildman–Crippen LogP) is 5.91. The highest BCUT2D eigenvalue weighted by Crippen LogP contribution is 2.25. The van der Waals surface area contributed by atoms with Gasteiger partial charge < -0.3 is 9.64 Å². The van der Waals surface area contributed by atoms with Gasteiger partial charge in [-0.2, -0.15) is 0 Å². The average molecular weight is 400 g/mol. The molecule has 1 heterocycles. The Balaban J connectivity index is 1.46. The van der Waals surface area contributed by atoms with Crippen molar-refractivity contribution in [3.63, 3.8) is 0 Å². The van der Waals surface area contributed by atoms with Crippen LogP contribution in [-0.2, 0) is 13.2 Å². The van der Waals surface area contributed by atoms with Crippen molar-refractivity contribution >= 4 is 11.8 Å². The first-order chi connectivity index (χ1) is 14.6. The molecule has 0 saturated carbocycles. The zero-order valence-corrected chi connectivity index (χ0v) is 17.3. The summed E-state index contributed by atoms with van der Waals surface area (Å²) >= 11 is 0. The SMILES string of the molecule is Cc1ccc(CN2C=C(c3ccc(OCc4ccccc4)c(F)c3)C=NC2)cc1C. The summed E-state index contributed by atoms with van der Waals surface area (Å²) in [6, 6.07) is 21.3. The van der Waals surface area contributed by atoms with E-state index in [1.54, 1.807) is 12.3 Å². The molecule has 1 aliphatic heterocycles. The molecular formula is C26H25FN2O. The quantitative estimate of drug-likeness (QED) is 0.514. The molecule has 1 aliphatic rings. The Morgan fingerprint density at radius 1 is 0.933 bits per heavy atom. The third-order valence-electron chi connectivity index (χ3n) is 5.27. The number of aryl methyl sites for hydroxylation is 2. The topological polar surface area (TPSA) is 24.8 Å². The van der Waals surface area contributed by atoms with Crippen molar-refractivity contribution in [2.24, 2.45) is 4.99 Å². The molecule has 0 radical (unpaired) electrons. The van der Waals surface area contributed by atoms with E-state index in [1.807, 2.05) is 42.6 Å². The van der Waals surface area contributed by atoms with E-state index in [-0.39, 0.29) is 11.6 Å². The van der Waals surface area contributed by atoms with E-state index in [0.29, 0.717) is 13.3 Å². The second-order valence-corrected chi connectivity index (χ2v) is 7.62. The maximum absolute atomic E-state index is 14.6. The molecule has 0 amide bonds. The maximum atomic E-state index is 14.6. The van der Waals surface area contributed by atoms with Crippen LogP contribution in [0.2, 0.25) is 0 Å². The highest BCUT2D eigenvalue weighted by molar-refractivity contribution is 6.10. The summed E-state index contributed by atoms with van der Waals surface area (Å²) in [5.41, 5.74) is 6.49. The molecule has 152 valence electrons. The second-order valence-electron chi connectivity index (χ2n) is 7.62. The van der Waals surface area contributed by atoms with E-state index < -0.39 is 0 Å². The van der Waals surface area contributed by atoms with Crippen LogP contribution in [0.1, 0.15) is 27.8 Å². The summed E-state index contributed by atoms with van der Waals surface area (Å²) in [4.78, 5) is 6.60. The summed E-state index contributed by atoms with van der Waals surface area (Å²) in [7, 11) is 0. The van der Waals surface area contributed by atoms with E-state index in [4.69, 9.17) is 4.74 Å². The van der Waals surface area contributed by atoms with Crippen LogP contribution < -0.4 is 4.74 Å². The molecule has 4 heteroatoms. The smallest absolute Gasteiger partial charge is 0.165 e. The normalized spacial score (nSPS) is 13.3. The molecule has 0 atom stereocenters. The van der Waals surface area contributed by atoms with Gasteiger partial charge >= 0.3 is 0 Å². The molecule has 0 saturated heterocycles. The zero-order chi connectivity index (χ0) is 20.9. The lowest BCUT2D eigenvalue weighted by atomic mass is 10.0. The van der Waals surface area contributed by atoms with Crippen molar-refractivity contribution in [3.8, 4) is 5.75 Å². The van der Waals surface area contributed by atoms with Gasteiger partial charge in [-0.3, -0.25) is 4.99 Å². The van der Waals surface area contributed by atoms with E-state index in [0.717, 1.165) is 23.2 Å². The number of aliphatic imine (C=N–C) groups is 1. The molecule has 0 bridgehead atoms. The number of halogens is 1. The number of rotatable bonds is 6. The number of ether oxygens (including phenoxy) is 1. The Morgan fingerprint density at radius 3 is 2.53 bits per heavy atom. The van der Waals surface area contributed by atoms with Crippen LogP contribution in [-0.4, -0.2) is 17.8 Å². The first-order valence-corrected chi connectivity index (χ1v) is 10.1. The molecule has 0 unspecified atom stereocenters. The molecule has 4 rings (SSSR count). The molecule has 3 aromatic rings. The molecule has 0 aliphatic carbocycles. The minimum absolute atomic E-state index is 0.253. The van der Waals surface area contributed by atoms with Gasteiger partial charge in [-0.1, -0.05) is 54.6 Å². The highest BCUT2D eigenvalue weighted by atomic mass is 19.1. The highest BCUT2D eigenvalue weighted by Gasteiger charge is 2.12. The van der Waals surface area contributed by atoms with Gasteiger partial charge in [0.2, 0.25) is 0 Å². The van der Waals surface area contributed by atoms with Gasteiger partial charge in [0.1, 0.15) is 13.3 Å². The lowest BCUT2D eigenvalue weighted by Crippen LogP contribution is -2.20. The van der Waals surface area contributed by atoms with Gasteiger partial charge in [-0.05, 0) is 53.8 Å². The molecule has 0 fully saturated rings. The van der Waals surface area contributed by atoms with Crippen LogP contribution in [0.4, 0.5) is 4.39 Å². The lowest BCUT2D eigenvalue weighted by Gasteiger charge is -2.23. The number of hydrogen-bond donors (Lipinski definition) is 0. The second kappa shape index (κ2) is 8.95. The van der Waals surface area contributed by atoms with Crippen molar-refractivity contribution in [2.45, 2.75) is 27.0 Å². The van der Waals surface area contributed by atoms with Crippen molar-refractivity contribution in [1.29, 1.82) is 0 Å². The summed E-state index contributed by atoms with van der Waals surface area (Å²) in [5, 5.41) is 0. The minimum Gasteiger partial charge on any atom is -0.486 e. The number of hydrogen-bond acceptors (Lipinski definition) is 3. The molecule has 0 N–H and O–H groups in total. The Morgan fingerprint density at radius 2 is 1.77 bits per heavy atom. The van der Waals surface area contributed by atoms with Crippen LogP contribution in [0.3, 0.4) is 0 Å². The fourth-order valence-electron chi connectivity index (χ4n) is 3.43. The van der Waals surface area contributed by atoms with E-state index in [9.17, 15) is 4.39 Å². The van der Waals surface area contributed by atoms with Crippen molar-refractivity contribution < 1.29 is 9.13 Å². The van der Waals surface area contributed by atoms with E-state index >= 15 is 0 Å². The van der Waals surface area contributed by atoms with Gasteiger partial charge in [0.25, 0.3) is 0 Å². The lowest BCUT2D eigenvalue weighted by molar-refractivity contribution is 0.290. The molecule has 3 nitrogen and oxygen atoms in total.